The molecule has 1 fully saturated rings. The fraction of sp³-hybridized carbons (Fsp3) is 0.286. The first-order valence-corrected chi connectivity index (χ1v) is 9.75. The number of fused-ring (bicyclic) bond motifs is 1. The monoisotopic (exact) mass is 418 g/mol. The fourth-order valence-electron chi connectivity index (χ4n) is 3.67. The van der Waals surface area contributed by atoms with Gasteiger partial charge in [-0.1, -0.05) is 6.58 Å². The molecule has 10 heteroatoms. The van der Waals surface area contributed by atoms with E-state index in [9.17, 15) is 4.79 Å². The summed E-state index contributed by atoms with van der Waals surface area (Å²) in [6.07, 6.45) is 3.59. The predicted molar refractivity (Wildman–Crippen MR) is 117 cm³/mol. The molecule has 1 aromatic carbocycles. The molecule has 0 aliphatic carbocycles. The third kappa shape index (κ3) is 3.98. The molecule has 1 amide bonds. The Bertz CT molecular complexity index is 1200. The van der Waals surface area contributed by atoms with Crippen LogP contribution in [0.2, 0.25) is 0 Å². The first-order chi connectivity index (χ1) is 15.0. The van der Waals surface area contributed by atoms with Gasteiger partial charge in [0.05, 0.1) is 18.8 Å². The summed E-state index contributed by atoms with van der Waals surface area (Å²) in [5.74, 6) is 0.921. The number of hydrogen-bond acceptors (Lipinski definition) is 8. The van der Waals surface area contributed by atoms with Crippen molar-refractivity contribution in [1.29, 1.82) is 5.26 Å². The normalized spacial score (nSPS) is 15.5. The summed E-state index contributed by atoms with van der Waals surface area (Å²) in [4.78, 5) is 22.4. The van der Waals surface area contributed by atoms with Crippen molar-refractivity contribution >= 4 is 34.3 Å². The second kappa shape index (κ2) is 8.31. The van der Waals surface area contributed by atoms with Crippen LogP contribution in [-0.4, -0.2) is 51.9 Å². The number of anilines is 3. The number of amides is 1. The predicted octanol–water partition coefficient (Wildman–Crippen LogP) is 2.06. The molecule has 1 aliphatic rings. The molecule has 158 valence electrons. The fourth-order valence-corrected chi connectivity index (χ4v) is 3.67. The van der Waals surface area contributed by atoms with Crippen LogP contribution in [0.3, 0.4) is 0 Å². The number of nitrogens with zero attached hydrogens (tertiary/aromatic N) is 6. The average Bonchev–Trinajstić information content (AvgIpc) is 3.37. The summed E-state index contributed by atoms with van der Waals surface area (Å²) < 4.78 is 6.90. The van der Waals surface area contributed by atoms with E-state index in [2.05, 4.69) is 43.2 Å². The molecule has 0 bridgehead atoms. The first-order valence-electron chi connectivity index (χ1n) is 9.75. The molecule has 1 atom stereocenters. The number of aromatic nitrogens is 4. The summed E-state index contributed by atoms with van der Waals surface area (Å²) in [5.41, 5.74) is 2.29. The molecular formula is C21H22N8O2. The van der Waals surface area contributed by atoms with Crippen molar-refractivity contribution in [3.05, 3.63) is 42.6 Å². The number of methoxy groups -OCH3 is 1. The minimum Gasteiger partial charge on any atom is -0.480 e. The Morgan fingerprint density at radius 3 is 3.03 bits per heavy atom. The van der Waals surface area contributed by atoms with Gasteiger partial charge in [0.15, 0.2) is 5.82 Å². The van der Waals surface area contributed by atoms with Crippen LogP contribution in [0.5, 0.6) is 5.88 Å². The van der Waals surface area contributed by atoms with Crippen LogP contribution >= 0.6 is 0 Å². The second-order valence-electron chi connectivity index (χ2n) is 7.17. The van der Waals surface area contributed by atoms with Crippen molar-refractivity contribution in [1.82, 2.24) is 19.7 Å². The molecule has 10 nitrogen and oxygen atoms in total. The van der Waals surface area contributed by atoms with Gasteiger partial charge in [-0.15, -0.1) is 0 Å². The van der Waals surface area contributed by atoms with Gasteiger partial charge in [0.1, 0.15) is 11.6 Å². The molecule has 0 saturated carbocycles. The number of carbonyl (C=O) groups is 1. The Labute approximate surface area is 179 Å². The molecule has 1 aliphatic heterocycles. The van der Waals surface area contributed by atoms with E-state index in [-0.39, 0.29) is 17.8 Å². The van der Waals surface area contributed by atoms with E-state index >= 15 is 0 Å². The minimum absolute atomic E-state index is 0.155. The number of ether oxygens (including phenoxy) is 1. The second-order valence-corrected chi connectivity index (χ2v) is 7.17. The van der Waals surface area contributed by atoms with Gasteiger partial charge in [0.2, 0.25) is 17.7 Å². The quantitative estimate of drug-likeness (QED) is 0.584. The lowest BCUT2D eigenvalue weighted by Crippen LogP contribution is -2.26. The Balaban J connectivity index is 1.49. The Morgan fingerprint density at radius 1 is 1.45 bits per heavy atom. The highest BCUT2D eigenvalue weighted by Crippen LogP contribution is 2.29. The molecule has 31 heavy (non-hydrogen) atoms. The number of carbonyl (C=O) groups excluding carboxylic acids is 1. The van der Waals surface area contributed by atoms with E-state index in [1.54, 1.807) is 4.68 Å². The minimum atomic E-state index is -0.292. The van der Waals surface area contributed by atoms with Crippen molar-refractivity contribution in [2.75, 3.05) is 35.7 Å². The SMILES string of the molecule is C=CC(=O)Nc1nn(C)c2cc(N3CC[C@@H](Nc4ncc(C#N)c(OC)n4)C3)ccc12. The molecule has 0 radical (unpaired) electrons. The number of rotatable bonds is 6. The van der Waals surface area contributed by atoms with Gasteiger partial charge in [-0.05, 0) is 30.7 Å². The standard InChI is InChI=1S/C21H22N8O2/c1-4-18(30)25-19-16-6-5-15(9-17(16)28(2)27-19)29-8-7-14(12-29)24-21-23-11-13(10-22)20(26-21)31-3/h4-6,9,11,14H,1,7-8,12H2,2-3H3,(H,23,24,26)(H,25,27,30)/t14-/m1/s1. The third-order valence-corrected chi connectivity index (χ3v) is 5.22. The lowest BCUT2D eigenvalue weighted by atomic mass is 10.2. The van der Waals surface area contributed by atoms with Crippen molar-refractivity contribution < 1.29 is 9.53 Å². The van der Waals surface area contributed by atoms with Gasteiger partial charge >= 0.3 is 0 Å². The molecular weight excluding hydrogens is 396 g/mol. The highest BCUT2D eigenvalue weighted by atomic mass is 16.5. The van der Waals surface area contributed by atoms with Crippen LogP contribution in [0.25, 0.3) is 10.9 Å². The first kappa shape index (κ1) is 20.2. The lowest BCUT2D eigenvalue weighted by Gasteiger charge is -2.19. The Hall–Kier alpha value is -4.13. The number of nitrogens with one attached hydrogen (secondary N) is 2. The van der Waals surface area contributed by atoms with E-state index in [0.29, 0.717) is 17.3 Å². The van der Waals surface area contributed by atoms with E-state index < -0.39 is 0 Å². The maximum Gasteiger partial charge on any atom is 0.248 e. The van der Waals surface area contributed by atoms with E-state index in [4.69, 9.17) is 10.00 Å². The van der Waals surface area contributed by atoms with Crippen molar-refractivity contribution in [3.63, 3.8) is 0 Å². The molecule has 2 N–H and O–H groups in total. The molecule has 0 unspecified atom stereocenters. The van der Waals surface area contributed by atoms with Gasteiger partial charge in [-0.3, -0.25) is 9.48 Å². The van der Waals surface area contributed by atoms with E-state index in [0.717, 1.165) is 36.1 Å². The van der Waals surface area contributed by atoms with Gasteiger partial charge in [-0.2, -0.15) is 15.3 Å². The molecule has 4 rings (SSSR count). The summed E-state index contributed by atoms with van der Waals surface area (Å²) in [5, 5.41) is 20.4. The topological polar surface area (TPSA) is 121 Å². The summed E-state index contributed by atoms with van der Waals surface area (Å²) in [6.45, 7) is 5.12. The van der Waals surface area contributed by atoms with Gasteiger partial charge in [-0.25, -0.2) is 4.98 Å². The molecule has 3 heterocycles. The van der Waals surface area contributed by atoms with Gasteiger partial charge in [0, 0.05) is 37.3 Å². The maximum absolute atomic E-state index is 11.6. The Morgan fingerprint density at radius 2 is 2.29 bits per heavy atom. The zero-order chi connectivity index (χ0) is 22.0. The van der Waals surface area contributed by atoms with Crippen molar-refractivity contribution in [2.45, 2.75) is 12.5 Å². The average molecular weight is 418 g/mol. The molecule has 3 aromatic rings. The Kier molecular flexibility index (Phi) is 5.41. The highest BCUT2D eigenvalue weighted by molar-refractivity contribution is 6.04. The van der Waals surface area contributed by atoms with E-state index in [1.807, 2.05) is 25.2 Å². The van der Waals surface area contributed by atoms with Crippen molar-refractivity contribution in [3.8, 4) is 11.9 Å². The molecule has 0 spiro atoms. The summed E-state index contributed by atoms with van der Waals surface area (Å²) >= 11 is 0. The van der Waals surface area contributed by atoms with Crippen LogP contribution in [0, 0.1) is 11.3 Å². The van der Waals surface area contributed by atoms with Gasteiger partial charge < -0.3 is 20.3 Å². The van der Waals surface area contributed by atoms with Crippen molar-refractivity contribution in [2.24, 2.45) is 7.05 Å². The van der Waals surface area contributed by atoms with Crippen LogP contribution in [0.4, 0.5) is 17.5 Å². The number of nitriles is 1. The van der Waals surface area contributed by atoms with Crippen LogP contribution in [0.1, 0.15) is 12.0 Å². The summed E-state index contributed by atoms with van der Waals surface area (Å²) in [7, 11) is 3.33. The van der Waals surface area contributed by atoms with E-state index in [1.165, 1.54) is 19.4 Å². The van der Waals surface area contributed by atoms with Gasteiger partial charge in [0.25, 0.3) is 0 Å². The molecule has 1 saturated heterocycles. The smallest absolute Gasteiger partial charge is 0.248 e. The zero-order valence-corrected chi connectivity index (χ0v) is 17.3. The largest absolute Gasteiger partial charge is 0.480 e. The number of aryl methyl sites for hydroxylation is 1. The number of hydrogen-bond donors (Lipinski definition) is 2. The highest BCUT2D eigenvalue weighted by Gasteiger charge is 2.24. The zero-order valence-electron chi connectivity index (χ0n) is 17.3. The van der Waals surface area contributed by atoms with Crippen LogP contribution in [-0.2, 0) is 11.8 Å². The third-order valence-electron chi connectivity index (χ3n) is 5.22. The maximum atomic E-state index is 11.6. The van der Waals surface area contributed by atoms with Crippen LogP contribution in [0.15, 0.2) is 37.1 Å². The molecule has 2 aromatic heterocycles. The summed E-state index contributed by atoms with van der Waals surface area (Å²) in [6, 6.07) is 8.22. The lowest BCUT2D eigenvalue weighted by molar-refractivity contribution is -0.111. The number of benzene rings is 1. The van der Waals surface area contributed by atoms with Crippen LogP contribution < -0.4 is 20.3 Å².